The summed E-state index contributed by atoms with van der Waals surface area (Å²) in [5.74, 6) is 0. The van der Waals surface area contributed by atoms with E-state index in [0.29, 0.717) is 0 Å². The third kappa shape index (κ3) is 7.68. The number of aliphatic hydroxyl groups excluding tert-OH is 2. The Morgan fingerprint density at radius 1 is 0.729 bits per heavy atom. The van der Waals surface area contributed by atoms with Crippen molar-refractivity contribution < 1.29 is 61.4 Å². The van der Waals surface area contributed by atoms with Crippen molar-refractivity contribution in [1.29, 1.82) is 0 Å². The normalized spacial score (nSPS) is 22.5. The summed E-state index contributed by atoms with van der Waals surface area (Å²) in [5, 5.41) is 24.1. The molecule has 6 atom stereocenters. The van der Waals surface area contributed by atoms with E-state index in [1.165, 1.54) is 6.20 Å². The van der Waals surface area contributed by atoms with E-state index in [0.717, 1.165) is 20.1 Å². The second-order valence-electron chi connectivity index (χ2n) is 10.5. The molecule has 17 nitrogen and oxygen atoms in total. The molecule has 7 N–H and O–H groups in total. The predicted octanol–water partition coefficient (Wildman–Crippen LogP) is -1.12. The lowest BCUT2D eigenvalue weighted by atomic mass is 10.1. The molecule has 0 saturated carbocycles. The number of hydrogen-bond acceptors (Lipinski definition) is 11. The van der Waals surface area contributed by atoms with E-state index in [-0.39, 0.29) is 5.19 Å². The molecule has 3 aromatic carbocycles. The average molecular weight is 743 g/mol. The predicted molar refractivity (Wildman–Crippen MR) is 171 cm³/mol. The van der Waals surface area contributed by atoms with E-state index in [1.54, 1.807) is 0 Å². The molecule has 21 heteroatoms. The summed E-state index contributed by atoms with van der Waals surface area (Å²) in [5.41, 5.74) is -1.73. The number of benzene rings is 3. The number of phosphoric acid groups is 3. The van der Waals surface area contributed by atoms with Gasteiger partial charge in [0.15, 0.2) is 14.3 Å². The fourth-order valence-corrected chi connectivity index (χ4v) is 13.3. The summed E-state index contributed by atoms with van der Waals surface area (Å²) in [4.78, 5) is 65.9. The summed E-state index contributed by atoms with van der Waals surface area (Å²) >= 11 is 0. The minimum Gasteiger partial charge on any atom is -0.387 e. The number of ether oxygens (including phenoxy) is 1. The van der Waals surface area contributed by atoms with Crippen LogP contribution in [0.5, 0.6) is 0 Å². The number of aromatic amines is 1. The molecule has 1 fully saturated rings. The van der Waals surface area contributed by atoms with E-state index in [4.69, 9.17) is 14.5 Å². The molecule has 4 aromatic rings. The maximum absolute atomic E-state index is 13.8. The topological polar surface area (TPSA) is 264 Å². The van der Waals surface area contributed by atoms with Crippen molar-refractivity contribution in [3.63, 3.8) is 0 Å². The lowest BCUT2D eigenvalue weighted by Crippen LogP contribution is -2.78. The van der Waals surface area contributed by atoms with Crippen LogP contribution in [0.1, 0.15) is 6.23 Å². The first kappa shape index (κ1) is 36.1. The molecule has 2 heterocycles. The Hall–Kier alpha value is -3.15. The maximum Gasteiger partial charge on any atom is 0.490 e. The zero-order valence-corrected chi connectivity index (χ0v) is 28.1. The number of phosphoric ester groups is 1. The summed E-state index contributed by atoms with van der Waals surface area (Å²) < 4.78 is 53.1. The second-order valence-corrected chi connectivity index (χ2v) is 18.7. The van der Waals surface area contributed by atoms with Crippen LogP contribution in [0.3, 0.4) is 0 Å². The summed E-state index contributed by atoms with van der Waals surface area (Å²) in [6, 6.07) is 27.5. The molecule has 0 radical (unpaired) electrons. The van der Waals surface area contributed by atoms with Crippen LogP contribution in [-0.2, 0) is 31.6 Å². The van der Waals surface area contributed by atoms with Crippen LogP contribution in [-0.4, -0.2) is 72.3 Å². The third-order valence-corrected chi connectivity index (χ3v) is 16.0. The smallest absolute Gasteiger partial charge is 0.387 e. The highest BCUT2D eigenvalue weighted by atomic mass is 31.3. The van der Waals surface area contributed by atoms with Gasteiger partial charge in [-0.1, -0.05) is 91.0 Å². The fraction of sp³-hybridized carbons (Fsp3) is 0.185. The summed E-state index contributed by atoms with van der Waals surface area (Å²) in [6.45, 7) is -1.10. The van der Waals surface area contributed by atoms with E-state index < -0.39 is 73.9 Å². The quantitative estimate of drug-likeness (QED) is 0.0515. The van der Waals surface area contributed by atoms with Gasteiger partial charge in [-0.2, -0.15) is 8.62 Å². The van der Waals surface area contributed by atoms with Crippen molar-refractivity contribution in [2.24, 2.45) is 0 Å². The van der Waals surface area contributed by atoms with Crippen molar-refractivity contribution >= 4 is 52.3 Å². The van der Waals surface area contributed by atoms with Crippen LogP contribution in [0.2, 0.25) is 0 Å². The maximum atomic E-state index is 13.8. The van der Waals surface area contributed by atoms with E-state index >= 15 is 0 Å². The molecule has 1 aliphatic rings. The minimum atomic E-state index is -5.82. The van der Waals surface area contributed by atoms with Gasteiger partial charge in [0, 0.05) is 11.4 Å². The lowest BCUT2D eigenvalue weighted by molar-refractivity contribution is -0.0541. The largest absolute Gasteiger partial charge is 0.490 e. The van der Waals surface area contributed by atoms with Crippen molar-refractivity contribution in [3.05, 3.63) is 118 Å². The van der Waals surface area contributed by atoms with Gasteiger partial charge in [0.25, 0.3) is 5.56 Å². The molecule has 0 spiro atoms. The zero-order chi connectivity index (χ0) is 34.9. The van der Waals surface area contributed by atoms with Gasteiger partial charge in [-0.25, -0.2) is 18.5 Å². The number of aromatic nitrogens is 2. The fourth-order valence-electron chi connectivity index (χ4n) is 5.54. The van der Waals surface area contributed by atoms with Gasteiger partial charge in [-0.15, -0.1) is 0 Å². The average Bonchev–Trinajstić information content (AvgIpc) is 3.30. The first-order chi connectivity index (χ1) is 22.5. The van der Waals surface area contributed by atoms with Gasteiger partial charge in [0.2, 0.25) is 0 Å². The number of nitrogens with zero attached hydrogens (tertiary/aromatic N) is 1. The highest BCUT2D eigenvalue weighted by Crippen LogP contribution is 2.66. The monoisotopic (exact) mass is 742 g/mol. The zero-order valence-electron chi connectivity index (χ0n) is 24.4. The van der Waals surface area contributed by atoms with Crippen LogP contribution in [0.4, 0.5) is 0 Å². The molecule has 1 saturated heterocycles. The Kier molecular flexibility index (Phi) is 10.5. The van der Waals surface area contributed by atoms with E-state index in [1.807, 2.05) is 91.0 Å². The summed E-state index contributed by atoms with van der Waals surface area (Å²) in [6.07, 6.45) is -5.88. The lowest BCUT2D eigenvalue weighted by Gasteiger charge is -2.34. The van der Waals surface area contributed by atoms with E-state index in [9.17, 15) is 43.3 Å². The Balaban J connectivity index is 1.55. The van der Waals surface area contributed by atoms with Gasteiger partial charge in [-0.05, 0) is 15.6 Å². The van der Waals surface area contributed by atoms with E-state index in [2.05, 4.69) is 18.1 Å². The molecule has 0 bridgehead atoms. The van der Waals surface area contributed by atoms with Crippen LogP contribution >= 0.6 is 23.5 Å². The molecule has 0 aliphatic carbocycles. The second kappa shape index (κ2) is 14.0. The molecular weight excluding hydrogens is 713 g/mol. The molecule has 256 valence electrons. The highest BCUT2D eigenvalue weighted by Gasteiger charge is 2.48. The molecule has 2 unspecified atom stereocenters. The molecule has 1 aliphatic heterocycles. The first-order valence-electron chi connectivity index (χ1n) is 13.9. The Morgan fingerprint density at radius 2 is 1.21 bits per heavy atom. The van der Waals surface area contributed by atoms with Crippen molar-refractivity contribution in [1.82, 2.24) is 9.55 Å². The van der Waals surface area contributed by atoms with Crippen LogP contribution in [0, 0.1) is 0 Å². The Labute approximate surface area is 272 Å². The highest BCUT2D eigenvalue weighted by molar-refractivity contribution is 7.66. The minimum absolute atomic E-state index is 0.160. The number of H-pyrrole nitrogens is 1. The van der Waals surface area contributed by atoms with Gasteiger partial charge in [0.05, 0.1) is 6.61 Å². The molecule has 5 rings (SSSR count). The van der Waals surface area contributed by atoms with Gasteiger partial charge < -0.3 is 34.5 Å². The Bertz CT molecular complexity index is 1910. The number of nitrogens with one attached hydrogen (secondary N) is 1. The van der Waals surface area contributed by atoms with Crippen LogP contribution in [0.15, 0.2) is 107 Å². The molecule has 0 amide bonds. The van der Waals surface area contributed by atoms with Crippen molar-refractivity contribution in [3.8, 4) is 0 Å². The number of aliphatic hydroxyl groups is 2. The SMILES string of the molecule is O=c1[nH]c(=O)n([C@@H]2O[C@H](COP(=O)(O)OP(=O)(O)OP(=O)(O)O)[C@@H](O)[C@H]2O)cc1[Si](c1ccccc1)(c1ccccc1)c1ccccc1. The number of hydrogen-bond donors (Lipinski definition) is 7. The molecule has 1 aromatic heterocycles. The van der Waals surface area contributed by atoms with Crippen LogP contribution in [0.25, 0.3) is 0 Å². The first-order valence-corrected chi connectivity index (χ1v) is 20.4. The third-order valence-electron chi connectivity index (χ3n) is 7.42. The summed E-state index contributed by atoms with van der Waals surface area (Å²) in [7, 11) is -20.6. The van der Waals surface area contributed by atoms with Gasteiger partial charge in [0.1, 0.15) is 18.3 Å². The Morgan fingerprint density at radius 3 is 1.67 bits per heavy atom. The van der Waals surface area contributed by atoms with Crippen LogP contribution < -0.4 is 32.0 Å². The van der Waals surface area contributed by atoms with Crippen molar-refractivity contribution in [2.45, 2.75) is 24.5 Å². The number of rotatable bonds is 12. The molecular formula is C27H29N2O15P3Si. The molecule has 48 heavy (non-hydrogen) atoms. The van der Waals surface area contributed by atoms with Gasteiger partial charge in [-0.3, -0.25) is 18.9 Å². The standard InChI is InChI=1S/C27H29N2O15P3Si/c30-23-21(17-41-46(37,38)44-47(39,40)43-45(34,35)36)42-26(24(23)31)29-16-22(25(32)28-27(29)33)48(18-10-4-1-5-11-18,19-12-6-2-7-13-19)20-14-8-3-9-15-20/h1-16,21,23-24,26,30-31H,17H2,(H,37,38)(H,39,40)(H,28,32,33)(H2,34,35,36)/t21-,23-,24-,26-/m1/s1. The van der Waals surface area contributed by atoms with Gasteiger partial charge >= 0.3 is 29.2 Å². The van der Waals surface area contributed by atoms with Crippen molar-refractivity contribution in [2.75, 3.05) is 6.61 Å².